The van der Waals surface area contributed by atoms with Crippen molar-refractivity contribution in [3.8, 4) is 16.9 Å². The Morgan fingerprint density at radius 3 is 2.50 bits per heavy atom. The number of sulfonamides is 1. The van der Waals surface area contributed by atoms with E-state index in [4.69, 9.17) is 4.74 Å². The molecule has 0 radical (unpaired) electrons. The Balaban J connectivity index is 1.50. The standard InChI is InChI=1S/C30H34FN3O6S2/c1-22-10-11-28(27(19-22)24-7-6-9-26(20-24)40-21-25-8-4-5-15-32-25)42(38,39)34-16-13-30(31,14-17-34)29(35)33-23(2)12-18-41(3,36)37/h4-12,15,18-20,23H,13-14,16-17,21H2,1-3H3,(H,33,35)/b18-12-/t23-/m0/s1. The maximum absolute atomic E-state index is 15.6. The lowest BCUT2D eigenvalue weighted by atomic mass is 9.93. The molecule has 1 aliphatic heterocycles. The van der Waals surface area contributed by atoms with E-state index in [0.29, 0.717) is 16.9 Å². The third-order valence-electron chi connectivity index (χ3n) is 6.91. The molecule has 0 saturated carbocycles. The summed E-state index contributed by atoms with van der Waals surface area (Å²) >= 11 is 0. The predicted molar refractivity (Wildman–Crippen MR) is 159 cm³/mol. The monoisotopic (exact) mass is 615 g/mol. The fraction of sp³-hybridized carbons (Fsp3) is 0.333. The molecular weight excluding hydrogens is 581 g/mol. The van der Waals surface area contributed by atoms with Crippen LogP contribution in [0.15, 0.2) is 83.2 Å². The Kier molecular flexibility index (Phi) is 9.49. The number of hydrogen-bond donors (Lipinski definition) is 1. The normalized spacial score (nSPS) is 16.7. The number of piperidine rings is 1. The van der Waals surface area contributed by atoms with Gasteiger partial charge in [0, 0.05) is 55.4 Å². The number of amides is 1. The minimum Gasteiger partial charge on any atom is -0.487 e. The number of ether oxygens (including phenoxy) is 1. The predicted octanol–water partition coefficient (Wildman–Crippen LogP) is 4.19. The number of rotatable bonds is 10. The molecule has 2 aromatic carbocycles. The minimum atomic E-state index is -4.04. The number of pyridine rings is 1. The second-order valence-electron chi connectivity index (χ2n) is 10.4. The molecule has 42 heavy (non-hydrogen) atoms. The zero-order valence-electron chi connectivity index (χ0n) is 23.7. The smallest absolute Gasteiger partial charge is 0.258 e. The van der Waals surface area contributed by atoms with Crippen molar-refractivity contribution in [2.45, 2.75) is 49.9 Å². The molecule has 9 nitrogen and oxygen atoms in total. The molecule has 0 spiro atoms. The molecule has 2 heterocycles. The summed E-state index contributed by atoms with van der Waals surface area (Å²) < 4.78 is 73.0. The van der Waals surface area contributed by atoms with E-state index in [-0.39, 0.29) is 37.4 Å². The Morgan fingerprint density at radius 2 is 1.83 bits per heavy atom. The van der Waals surface area contributed by atoms with Crippen LogP contribution in [0.1, 0.15) is 31.0 Å². The highest BCUT2D eigenvalue weighted by Crippen LogP contribution is 2.35. The molecule has 0 bridgehead atoms. The Labute approximate surface area is 246 Å². The van der Waals surface area contributed by atoms with Crippen LogP contribution in [0.2, 0.25) is 0 Å². The third-order valence-corrected chi connectivity index (χ3v) is 9.51. The van der Waals surface area contributed by atoms with Gasteiger partial charge in [-0.2, -0.15) is 4.31 Å². The van der Waals surface area contributed by atoms with Gasteiger partial charge in [-0.25, -0.2) is 21.2 Å². The number of benzene rings is 2. The van der Waals surface area contributed by atoms with E-state index >= 15 is 4.39 Å². The van der Waals surface area contributed by atoms with Crippen LogP contribution < -0.4 is 10.1 Å². The largest absolute Gasteiger partial charge is 0.487 e. The maximum atomic E-state index is 15.6. The second kappa shape index (κ2) is 12.7. The highest BCUT2D eigenvalue weighted by molar-refractivity contribution is 7.93. The SMILES string of the molecule is Cc1ccc(S(=O)(=O)N2CCC(F)(C(=O)N[C@@H](C)/C=C\S(C)(=O)=O)CC2)c(-c2cccc(OCc3ccccn3)c2)c1. The van der Waals surface area contributed by atoms with Gasteiger partial charge in [0.1, 0.15) is 12.4 Å². The van der Waals surface area contributed by atoms with Gasteiger partial charge in [0.15, 0.2) is 15.5 Å². The van der Waals surface area contributed by atoms with Crippen LogP contribution in [0.25, 0.3) is 11.1 Å². The van der Waals surface area contributed by atoms with Crippen molar-refractivity contribution in [3.63, 3.8) is 0 Å². The number of aromatic nitrogens is 1. The Morgan fingerprint density at radius 1 is 1.10 bits per heavy atom. The molecular formula is C30H34FN3O6S2. The van der Waals surface area contributed by atoms with Gasteiger partial charge in [-0.05, 0) is 49.7 Å². The molecule has 1 N–H and O–H groups in total. The van der Waals surface area contributed by atoms with E-state index < -0.39 is 37.5 Å². The zero-order chi connectivity index (χ0) is 30.5. The summed E-state index contributed by atoms with van der Waals surface area (Å²) in [7, 11) is -7.44. The zero-order valence-corrected chi connectivity index (χ0v) is 25.3. The lowest BCUT2D eigenvalue weighted by molar-refractivity contribution is -0.135. The number of alkyl halides is 1. The number of hydrogen-bond acceptors (Lipinski definition) is 7. The van der Waals surface area contributed by atoms with Crippen LogP contribution in [0, 0.1) is 6.92 Å². The first-order valence-corrected chi connectivity index (χ1v) is 16.8. The number of carbonyl (C=O) groups is 1. The first-order valence-electron chi connectivity index (χ1n) is 13.4. The van der Waals surface area contributed by atoms with E-state index in [1.807, 2.05) is 25.1 Å². The van der Waals surface area contributed by atoms with Gasteiger partial charge in [0.05, 0.1) is 10.6 Å². The van der Waals surface area contributed by atoms with E-state index in [2.05, 4.69) is 10.3 Å². The first-order chi connectivity index (χ1) is 19.8. The highest BCUT2D eigenvalue weighted by atomic mass is 32.2. The van der Waals surface area contributed by atoms with Crippen molar-refractivity contribution in [3.05, 3.63) is 89.6 Å². The van der Waals surface area contributed by atoms with Gasteiger partial charge in [0.2, 0.25) is 10.0 Å². The molecule has 0 aliphatic carbocycles. The van der Waals surface area contributed by atoms with Crippen LogP contribution in [-0.2, 0) is 31.3 Å². The van der Waals surface area contributed by atoms with E-state index in [1.54, 1.807) is 48.7 Å². The summed E-state index contributed by atoms with van der Waals surface area (Å²) in [6, 6.07) is 17.0. The topological polar surface area (TPSA) is 123 Å². The number of aryl methyl sites for hydroxylation is 1. The molecule has 224 valence electrons. The average molecular weight is 616 g/mol. The summed E-state index contributed by atoms with van der Waals surface area (Å²) in [5, 5.41) is 3.41. The number of nitrogens with zero attached hydrogens (tertiary/aromatic N) is 2. The maximum Gasteiger partial charge on any atom is 0.258 e. The number of sulfone groups is 1. The molecule has 4 rings (SSSR count). The van der Waals surface area contributed by atoms with Crippen LogP contribution >= 0.6 is 0 Å². The molecule has 1 saturated heterocycles. The molecule has 12 heteroatoms. The molecule has 1 amide bonds. The number of halogens is 1. The first kappa shape index (κ1) is 31.3. The summed E-state index contributed by atoms with van der Waals surface area (Å²) in [4.78, 5) is 17.0. The number of nitrogens with one attached hydrogen (secondary N) is 1. The van der Waals surface area contributed by atoms with Gasteiger partial charge in [-0.15, -0.1) is 0 Å². The molecule has 1 aliphatic rings. The van der Waals surface area contributed by atoms with Crippen LogP contribution in [-0.4, -0.2) is 63.1 Å². The fourth-order valence-electron chi connectivity index (χ4n) is 4.58. The van der Waals surface area contributed by atoms with Crippen molar-refractivity contribution in [1.82, 2.24) is 14.6 Å². The summed E-state index contributed by atoms with van der Waals surface area (Å²) in [5.41, 5.74) is 0.460. The Bertz CT molecular complexity index is 1670. The van der Waals surface area contributed by atoms with Crippen molar-refractivity contribution in [2.75, 3.05) is 19.3 Å². The van der Waals surface area contributed by atoms with Gasteiger partial charge < -0.3 is 10.1 Å². The Hall–Kier alpha value is -3.61. The van der Waals surface area contributed by atoms with Crippen molar-refractivity contribution in [2.24, 2.45) is 0 Å². The molecule has 1 aromatic heterocycles. The summed E-state index contributed by atoms with van der Waals surface area (Å²) in [6.07, 6.45) is 3.28. The second-order valence-corrected chi connectivity index (χ2v) is 14.3. The molecule has 1 atom stereocenters. The minimum absolute atomic E-state index is 0.0744. The van der Waals surface area contributed by atoms with Gasteiger partial charge in [-0.1, -0.05) is 42.0 Å². The van der Waals surface area contributed by atoms with Gasteiger partial charge >= 0.3 is 0 Å². The van der Waals surface area contributed by atoms with Gasteiger partial charge in [-0.3, -0.25) is 9.78 Å². The molecule has 1 fully saturated rings. The average Bonchev–Trinajstić information content (AvgIpc) is 2.95. The lowest BCUT2D eigenvalue weighted by Gasteiger charge is -2.35. The summed E-state index contributed by atoms with van der Waals surface area (Å²) in [5.74, 6) is -0.349. The highest BCUT2D eigenvalue weighted by Gasteiger charge is 2.44. The van der Waals surface area contributed by atoms with Crippen LogP contribution in [0.3, 0.4) is 0 Å². The third kappa shape index (κ3) is 7.81. The van der Waals surface area contributed by atoms with E-state index in [1.165, 1.54) is 17.3 Å². The van der Waals surface area contributed by atoms with E-state index in [9.17, 15) is 21.6 Å². The fourth-order valence-corrected chi connectivity index (χ4v) is 6.74. The quantitative estimate of drug-likeness (QED) is 0.363. The van der Waals surface area contributed by atoms with Crippen LogP contribution in [0.4, 0.5) is 4.39 Å². The van der Waals surface area contributed by atoms with Crippen molar-refractivity contribution in [1.29, 1.82) is 0 Å². The van der Waals surface area contributed by atoms with Crippen molar-refractivity contribution >= 4 is 25.8 Å². The van der Waals surface area contributed by atoms with Crippen LogP contribution in [0.5, 0.6) is 5.75 Å². The van der Waals surface area contributed by atoms with Crippen molar-refractivity contribution < 1.29 is 30.8 Å². The number of carbonyl (C=O) groups excluding carboxylic acids is 1. The molecule has 3 aromatic rings. The van der Waals surface area contributed by atoms with Gasteiger partial charge in [0.25, 0.3) is 5.91 Å². The molecule has 0 unspecified atom stereocenters. The van der Waals surface area contributed by atoms with E-state index in [0.717, 1.165) is 22.9 Å². The lowest BCUT2D eigenvalue weighted by Crippen LogP contribution is -2.53. The summed E-state index contributed by atoms with van der Waals surface area (Å²) in [6.45, 7) is 3.26.